The van der Waals surface area contributed by atoms with E-state index in [4.69, 9.17) is 0 Å². The monoisotopic (exact) mass is 432 g/mol. The molecule has 7 heteroatoms. The number of nitrogens with one attached hydrogen (secondary N) is 1. The molecule has 0 aliphatic heterocycles. The summed E-state index contributed by atoms with van der Waals surface area (Å²) in [5.41, 5.74) is 4.48. The van der Waals surface area contributed by atoms with Crippen molar-refractivity contribution in [3.8, 4) is 0 Å². The SMILES string of the molecule is Cc1ccc(CNC(=O)Cn2ncc3c(C)n(Cc4ccc(F)cc4)c(C)c3c2=O)cc1. The molecule has 4 rings (SSSR count). The molecular formula is C25H25FN4O2. The number of rotatable bonds is 6. The van der Waals surface area contributed by atoms with Gasteiger partial charge in [-0.1, -0.05) is 42.0 Å². The summed E-state index contributed by atoms with van der Waals surface area (Å²) in [4.78, 5) is 25.5. The lowest BCUT2D eigenvalue weighted by Crippen LogP contribution is -2.33. The van der Waals surface area contributed by atoms with Gasteiger partial charge in [0.05, 0.1) is 11.6 Å². The quantitative estimate of drug-likeness (QED) is 0.506. The number of carbonyl (C=O) groups excluding carboxylic acids is 1. The van der Waals surface area contributed by atoms with Crippen molar-refractivity contribution in [2.45, 2.75) is 40.4 Å². The van der Waals surface area contributed by atoms with Gasteiger partial charge >= 0.3 is 0 Å². The Labute approximate surface area is 185 Å². The third-order valence-electron chi connectivity index (χ3n) is 5.76. The van der Waals surface area contributed by atoms with Gasteiger partial charge < -0.3 is 9.88 Å². The lowest BCUT2D eigenvalue weighted by atomic mass is 10.1. The molecule has 0 radical (unpaired) electrons. The van der Waals surface area contributed by atoms with Crippen LogP contribution >= 0.6 is 0 Å². The Kier molecular flexibility index (Phi) is 5.90. The highest BCUT2D eigenvalue weighted by Crippen LogP contribution is 2.23. The molecule has 0 bridgehead atoms. The average Bonchev–Trinajstić information content (AvgIpc) is 3.02. The van der Waals surface area contributed by atoms with Gasteiger partial charge in [0, 0.05) is 29.9 Å². The Morgan fingerprint density at radius 3 is 2.31 bits per heavy atom. The highest BCUT2D eigenvalue weighted by molar-refractivity contribution is 5.87. The van der Waals surface area contributed by atoms with Crippen LogP contribution in [0.15, 0.2) is 59.5 Å². The average molecular weight is 432 g/mol. The molecule has 164 valence electrons. The minimum atomic E-state index is -0.300. The molecule has 0 aliphatic rings. The predicted molar refractivity (Wildman–Crippen MR) is 122 cm³/mol. The summed E-state index contributed by atoms with van der Waals surface area (Å²) in [6.45, 7) is 6.57. The maximum Gasteiger partial charge on any atom is 0.276 e. The normalized spacial score (nSPS) is 11.1. The third kappa shape index (κ3) is 4.32. The Bertz CT molecular complexity index is 1340. The van der Waals surface area contributed by atoms with Gasteiger partial charge in [0.1, 0.15) is 12.4 Å². The Morgan fingerprint density at radius 2 is 1.62 bits per heavy atom. The topological polar surface area (TPSA) is 68.9 Å². The number of fused-ring (bicyclic) bond motifs is 1. The van der Waals surface area contributed by atoms with Crippen molar-refractivity contribution < 1.29 is 9.18 Å². The van der Waals surface area contributed by atoms with Crippen molar-refractivity contribution in [2.75, 3.05) is 0 Å². The number of halogens is 1. The van der Waals surface area contributed by atoms with Crippen molar-refractivity contribution in [1.82, 2.24) is 19.7 Å². The Hall–Kier alpha value is -3.74. The van der Waals surface area contributed by atoms with Gasteiger partial charge in [-0.15, -0.1) is 0 Å². The molecule has 0 fully saturated rings. The first kappa shape index (κ1) is 21.5. The fourth-order valence-electron chi connectivity index (χ4n) is 3.87. The molecule has 0 aliphatic carbocycles. The summed E-state index contributed by atoms with van der Waals surface area (Å²) >= 11 is 0. The van der Waals surface area contributed by atoms with Crippen LogP contribution < -0.4 is 10.9 Å². The van der Waals surface area contributed by atoms with Gasteiger partial charge in [0.15, 0.2) is 0 Å². The van der Waals surface area contributed by atoms with E-state index in [9.17, 15) is 14.0 Å². The van der Waals surface area contributed by atoms with Crippen molar-refractivity contribution in [3.63, 3.8) is 0 Å². The van der Waals surface area contributed by atoms with E-state index in [0.717, 1.165) is 33.5 Å². The fraction of sp³-hybridized carbons (Fsp3) is 0.240. The number of carbonyl (C=O) groups is 1. The number of nitrogens with zero attached hydrogens (tertiary/aromatic N) is 3. The van der Waals surface area contributed by atoms with Crippen molar-refractivity contribution in [3.05, 3.63) is 99.0 Å². The van der Waals surface area contributed by atoms with Crippen LogP contribution in [0.5, 0.6) is 0 Å². The third-order valence-corrected chi connectivity index (χ3v) is 5.76. The van der Waals surface area contributed by atoms with E-state index in [2.05, 4.69) is 10.4 Å². The molecule has 0 saturated heterocycles. The summed E-state index contributed by atoms with van der Waals surface area (Å²) in [5.74, 6) is -0.563. The van der Waals surface area contributed by atoms with Crippen molar-refractivity contribution in [1.29, 1.82) is 0 Å². The van der Waals surface area contributed by atoms with E-state index < -0.39 is 0 Å². The van der Waals surface area contributed by atoms with Crippen LogP contribution in [-0.2, 0) is 24.4 Å². The molecule has 1 N–H and O–H groups in total. The first-order chi connectivity index (χ1) is 15.3. The second-order valence-corrected chi connectivity index (χ2v) is 8.04. The molecule has 6 nitrogen and oxygen atoms in total. The summed E-state index contributed by atoms with van der Waals surface area (Å²) in [6.07, 6.45) is 1.63. The van der Waals surface area contributed by atoms with Crippen LogP contribution in [0.25, 0.3) is 10.8 Å². The standard InChI is InChI=1S/C25H25FN4O2/c1-16-4-6-19(7-5-16)12-27-23(31)15-30-25(32)24-18(3)29(17(2)22(24)13-28-30)14-20-8-10-21(26)11-9-20/h4-11,13H,12,14-15H2,1-3H3,(H,27,31). The van der Waals surface area contributed by atoms with Gasteiger partial charge in [-0.2, -0.15) is 5.10 Å². The zero-order valence-electron chi connectivity index (χ0n) is 18.4. The molecule has 0 saturated carbocycles. The maximum absolute atomic E-state index is 13.2. The van der Waals surface area contributed by atoms with Gasteiger partial charge in [0.2, 0.25) is 5.91 Å². The second kappa shape index (κ2) is 8.78. The summed E-state index contributed by atoms with van der Waals surface area (Å²) in [5, 5.41) is 8.37. The molecule has 0 unspecified atom stereocenters. The van der Waals surface area contributed by atoms with Gasteiger partial charge in [0.25, 0.3) is 5.56 Å². The highest BCUT2D eigenvalue weighted by Gasteiger charge is 2.17. The van der Waals surface area contributed by atoms with E-state index in [-0.39, 0.29) is 23.8 Å². The van der Waals surface area contributed by atoms with Crippen molar-refractivity contribution in [2.24, 2.45) is 0 Å². The molecule has 0 atom stereocenters. The van der Waals surface area contributed by atoms with E-state index >= 15 is 0 Å². The number of benzene rings is 2. The lowest BCUT2D eigenvalue weighted by Gasteiger charge is -2.09. The minimum absolute atomic E-state index is 0.151. The van der Waals surface area contributed by atoms with Crippen LogP contribution in [0.1, 0.15) is 28.1 Å². The molecule has 1 amide bonds. The van der Waals surface area contributed by atoms with Crippen molar-refractivity contribution >= 4 is 16.7 Å². The Morgan fingerprint density at radius 1 is 0.969 bits per heavy atom. The van der Waals surface area contributed by atoms with Crippen LogP contribution in [0.2, 0.25) is 0 Å². The van der Waals surface area contributed by atoms with Gasteiger partial charge in [-0.3, -0.25) is 9.59 Å². The minimum Gasteiger partial charge on any atom is -0.350 e. The zero-order chi connectivity index (χ0) is 22.8. The Balaban J connectivity index is 1.56. The second-order valence-electron chi connectivity index (χ2n) is 8.04. The van der Waals surface area contributed by atoms with Crippen LogP contribution in [0.3, 0.4) is 0 Å². The molecule has 32 heavy (non-hydrogen) atoms. The van der Waals surface area contributed by atoms with Crippen LogP contribution in [-0.4, -0.2) is 20.3 Å². The van der Waals surface area contributed by atoms with Crippen LogP contribution in [0.4, 0.5) is 4.39 Å². The molecule has 0 spiro atoms. The predicted octanol–water partition coefficient (Wildman–Crippen LogP) is 3.63. The summed E-state index contributed by atoms with van der Waals surface area (Å²) in [7, 11) is 0. The van der Waals surface area contributed by atoms with Gasteiger partial charge in [-0.25, -0.2) is 9.07 Å². The van der Waals surface area contributed by atoms with E-state index in [0.29, 0.717) is 18.5 Å². The largest absolute Gasteiger partial charge is 0.350 e. The molecule has 2 heterocycles. The number of aromatic nitrogens is 3. The number of amides is 1. The number of hydrogen-bond donors (Lipinski definition) is 1. The zero-order valence-corrected chi connectivity index (χ0v) is 18.4. The molecule has 4 aromatic rings. The van der Waals surface area contributed by atoms with E-state index in [1.54, 1.807) is 18.3 Å². The van der Waals surface area contributed by atoms with Gasteiger partial charge in [-0.05, 0) is 44.0 Å². The smallest absolute Gasteiger partial charge is 0.276 e. The van der Waals surface area contributed by atoms with E-state index in [1.165, 1.54) is 16.8 Å². The van der Waals surface area contributed by atoms with Crippen LogP contribution in [0, 0.1) is 26.6 Å². The first-order valence-corrected chi connectivity index (χ1v) is 10.5. The number of hydrogen-bond acceptors (Lipinski definition) is 3. The van der Waals surface area contributed by atoms with E-state index in [1.807, 2.05) is 49.6 Å². The first-order valence-electron chi connectivity index (χ1n) is 10.5. The molecule has 2 aromatic heterocycles. The summed E-state index contributed by atoms with van der Waals surface area (Å²) < 4.78 is 16.4. The lowest BCUT2D eigenvalue weighted by molar-refractivity contribution is -0.122. The number of aryl methyl sites for hydroxylation is 3. The summed E-state index contributed by atoms with van der Waals surface area (Å²) in [6, 6.07) is 14.2. The molecular weight excluding hydrogens is 407 g/mol. The molecule has 2 aromatic carbocycles. The fourth-order valence-corrected chi connectivity index (χ4v) is 3.87. The maximum atomic E-state index is 13.2. The highest BCUT2D eigenvalue weighted by atomic mass is 19.1.